The molecule has 0 aromatic carbocycles. The summed E-state index contributed by atoms with van der Waals surface area (Å²) in [6.07, 6.45) is 2.70. The van der Waals surface area contributed by atoms with E-state index in [0.717, 1.165) is 12.8 Å². The maximum absolute atomic E-state index is 12.3. The lowest BCUT2D eigenvalue weighted by molar-refractivity contribution is -0.149. The third kappa shape index (κ3) is 5.30. The molecular formula is C15H28N4O4. The maximum Gasteiger partial charge on any atom is 0.317 e. The molecule has 1 heterocycles. The summed E-state index contributed by atoms with van der Waals surface area (Å²) < 4.78 is 0. The highest BCUT2D eigenvalue weighted by atomic mass is 16.4. The molecule has 0 aromatic rings. The van der Waals surface area contributed by atoms with Crippen LogP contribution in [0.3, 0.4) is 0 Å². The first-order valence-electron chi connectivity index (χ1n) is 8.14. The van der Waals surface area contributed by atoms with Gasteiger partial charge in [0.25, 0.3) is 0 Å². The molecule has 4 amide bonds. The fraction of sp³-hybridized carbons (Fsp3) is 0.800. The number of nitrogens with zero attached hydrogens (tertiary/aromatic N) is 1. The zero-order valence-corrected chi connectivity index (χ0v) is 13.9. The number of carboxylic acid groups (broad SMARTS) is 1. The minimum atomic E-state index is -0.918. The highest BCUT2D eigenvalue weighted by Gasteiger charge is 2.36. The van der Waals surface area contributed by atoms with Crippen molar-refractivity contribution < 1.29 is 19.5 Å². The van der Waals surface area contributed by atoms with E-state index >= 15 is 0 Å². The number of hydrogen-bond acceptors (Lipinski definition) is 3. The summed E-state index contributed by atoms with van der Waals surface area (Å²) in [6.45, 7) is 5.37. The number of hydrogen-bond donors (Lipinski definition) is 4. The molecule has 0 spiro atoms. The summed E-state index contributed by atoms with van der Waals surface area (Å²) in [6, 6.07) is -0.815. The normalized spacial score (nSPS) is 18.3. The third-order valence-corrected chi connectivity index (χ3v) is 4.76. The Labute approximate surface area is 136 Å². The van der Waals surface area contributed by atoms with E-state index in [1.807, 2.05) is 13.8 Å². The van der Waals surface area contributed by atoms with E-state index in [2.05, 4.69) is 10.6 Å². The predicted octanol–water partition coefficient (Wildman–Crippen LogP) is 0.967. The smallest absolute Gasteiger partial charge is 0.317 e. The molecule has 1 atom stereocenters. The number of nitrogens with two attached hydrogens (primary N) is 1. The molecule has 1 rings (SSSR count). The van der Waals surface area contributed by atoms with Crippen LogP contribution in [0, 0.1) is 11.3 Å². The lowest BCUT2D eigenvalue weighted by Crippen LogP contribution is -2.51. The van der Waals surface area contributed by atoms with Crippen molar-refractivity contribution in [3.8, 4) is 0 Å². The molecule has 1 aliphatic rings. The number of rotatable bonds is 7. The molecule has 8 heteroatoms. The summed E-state index contributed by atoms with van der Waals surface area (Å²) >= 11 is 0. The van der Waals surface area contributed by atoms with Crippen LogP contribution in [-0.4, -0.2) is 54.2 Å². The number of amides is 4. The topological polar surface area (TPSA) is 125 Å². The second-order valence-corrected chi connectivity index (χ2v) is 6.15. The van der Waals surface area contributed by atoms with Gasteiger partial charge < -0.3 is 26.4 Å². The second-order valence-electron chi connectivity index (χ2n) is 6.15. The number of likely N-dealkylation sites (tertiary alicyclic amines) is 1. The molecule has 1 fully saturated rings. The monoisotopic (exact) mass is 328 g/mol. The quantitative estimate of drug-likeness (QED) is 0.555. The first-order chi connectivity index (χ1) is 10.8. The van der Waals surface area contributed by atoms with Crippen LogP contribution in [0.2, 0.25) is 0 Å². The molecule has 0 aromatic heterocycles. The number of carbonyl (C=O) groups excluding carboxylic acids is 2. The number of carbonyl (C=O) groups is 3. The molecule has 1 saturated heterocycles. The van der Waals surface area contributed by atoms with Gasteiger partial charge in [-0.2, -0.15) is 0 Å². The van der Waals surface area contributed by atoms with Crippen molar-refractivity contribution in [2.75, 3.05) is 26.2 Å². The first-order valence-corrected chi connectivity index (χ1v) is 8.14. The van der Waals surface area contributed by atoms with Gasteiger partial charge >= 0.3 is 18.0 Å². The Morgan fingerprint density at radius 1 is 1.26 bits per heavy atom. The highest BCUT2D eigenvalue weighted by molar-refractivity contribution is 5.78. The van der Waals surface area contributed by atoms with E-state index in [9.17, 15) is 19.5 Å². The van der Waals surface area contributed by atoms with Gasteiger partial charge in [0.1, 0.15) is 0 Å². The van der Waals surface area contributed by atoms with Gasteiger partial charge in [0, 0.05) is 26.2 Å². The molecule has 5 N–H and O–H groups in total. The van der Waals surface area contributed by atoms with Crippen molar-refractivity contribution >= 4 is 18.0 Å². The molecule has 0 radical (unpaired) electrons. The van der Waals surface area contributed by atoms with Crippen LogP contribution < -0.4 is 16.4 Å². The second kappa shape index (κ2) is 8.59. The van der Waals surface area contributed by atoms with Gasteiger partial charge in [-0.1, -0.05) is 13.8 Å². The van der Waals surface area contributed by atoms with Crippen molar-refractivity contribution in [3.05, 3.63) is 0 Å². The zero-order chi connectivity index (χ0) is 17.5. The molecule has 132 valence electrons. The number of primary amides is 1. The zero-order valence-electron chi connectivity index (χ0n) is 13.9. The van der Waals surface area contributed by atoms with Gasteiger partial charge in [-0.25, -0.2) is 9.59 Å². The highest BCUT2D eigenvalue weighted by Crippen LogP contribution is 2.26. The van der Waals surface area contributed by atoms with Gasteiger partial charge in [-0.15, -0.1) is 0 Å². The summed E-state index contributed by atoms with van der Waals surface area (Å²) in [5.74, 6) is -0.714. The number of urea groups is 2. The fourth-order valence-corrected chi connectivity index (χ4v) is 2.90. The van der Waals surface area contributed by atoms with E-state index in [4.69, 9.17) is 5.73 Å². The van der Waals surface area contributed by atoms with E-state index in [-0.39, 0.29) is 18.5 Å². The predicted molar refractivity (Wildman–Crippen MR) is 85.9 cm³/mol. The minimum absolute atomic E-state index is 0.120. The average Bonchev–Trinajstić information content (AvgIpc) is 2.54. The maximum atomic E-state index is 12.3. The van der Waals surface area contributed by atoms with Gasteiger partial charge in [0.2, 0.25) is 0 Å². The lowest BCUT2D eigenvalue weighted by atomic mass is 9.82. The van der Waals surface area contributed by atoms with Crippen LogP contribution in [-0.2, 0) is 4.79 Å². The number of aliphatic carboxylic acids is 1. The average molecular weight is 328 g/mol. The van der Waals surface area contributed by atoms with Crippen LogP contribution >= 0.6 is 0 Å². The van der Waals surface area contributed by atoms with Crippen molar-refractivity contribution in [1.29, 1.82) is 0 Å². The molecule has 1 unspecified atom stereocenters. The molecule has 0 saturated carbocycles. The molecule has 23 heavy (non-hydrogen) atoms. The van der Waals surface area contributed by atoms with Crippen molar-refractivity contribution in [3.63, 3.8) is 0 Å². The number of piperidine rings is 1. The van der Waals surface area contributed by atoms with E-state index in [1.54, 1.807) is 4.90 Å². The summed E-state index contributed by atoms with van der Waals surface area (Å²) in [7, 11) is 0. The molecule has 0 bridgehead atoms. The van der Waals surface area contributed by atoms with E-state index in [0.29, 0.717) is 32.5 Å². The Bertz CT molecular complexity index is 437. The summed E-state index contributed by atoms with van der Waals surface area (Å²) in [5, 5.41) is 14.7. The van der Waals surface area contributed by atoms with E-state index in [1.165, 1.54) is 0 Å². The van der Waals surface area contributed by atoms with Gasteiger partial charge in [0.15, 0.2) is 0 Å². The Kier molecular flexibility index (Phi) is 7.12. The molecular weight excluding hydrogens is 300 g/mol. The largest absolute Gasteiger partial charge is 0.481 e. The van der Waals surface area contributed by atoms with Crippen LogP contribution in [0.5, 0.6) is 0 Å². The standard InChI is InChI=1S/C15H28N4O4/c1-3-15(4-2,12(20)21)10-18-14(23)19-7-5-6-11(9-19)8-17-13(16)22/h11H,3-10H2,1-2H3,(H,18,23)(H,20,21)(H3,16,17,22). The molecule has 0 aliphatic carbocycles. The Morgan fingerprint density at radius 2 is 1.91 bits per heavy atom. The van der Waals surface area contributed by atoms with Gasteiger partial charge in [0.05, 0.1) is 5.41 Å². The van der Waals surface area contributed by atoms with Crippen LogP contribution in [0.25, 0.3) is 0 Å². The van der Waals surface area contributed by atoms with Crippen molar-refractivity contribution in [2.24, 2.45) is 17.1 Å². The van der Waals surface area contributed by atoms with Crippen LogP contribution in [0.1, 0.15) is 39.5 Å². The minimum Gasteiger partial charge on any atom is -0.481 e. The summed E-state index contributed by atoms with van der Waals surface area (Å²) in [5.41, 5.74) is 4.14. The Hall–Kier alpha value is -1.99. The van der Waals surface area contributed by atoms with Crippen LogP contribution in [0.4, 0.5) is 9.59 Å². The number of carboxylic acids is 1. The Balaban J connectivity index is 2.53. The Morgan fingerprint density at radius 3 is 2.43 bits per heavy atom. The number of nitrogens with one attached hydrogen (secondary N) is 2. The lowest BCUT2D eigenvalue weighted by Gasteiger charge is -2.34. The third-order valence-electron chi connectivity index (χ3n) is 4.76. The van der Waals surface area contributed by atoms with Crippen LogP contribution in [0.15, 0.2) is 0 Å². The summed E-state index contributed by atoms with van der Waals surface area (Å²) in [4.78, 5) is 36.2. The van der Waals surface area contributed by atoms with Gasteiger partial charge in [-0.3, -0.25) is 4.79 Å². The van der Waals surface area contributed by atoms with Gasteiger partial charge in [-0.05, 0) is 31.6 Å². The van der Waals surface area contributed by atoms with Crippen molar-refractivity contribution in [1.82, 2.24) is 15.5 Å². The van der Waals surface area contributed by atoms with Crippen molar-refractivity contribution in [2.45, 2.75) is 39.5 Å². The SMILES string of the molecule is CCC(CC)(CNC(=O)N1CCCC(CNC(N)=O)C1)C(=O)O. The molecule has 8 nitrogen and oxygen atoms in total. The first kappa shape index (κ1) is 19.1. The van der Waals surface area contributed by atoms with E-state index < -0.39 is 17.4 Å². The fourth-order valence-electron chi connectivity index (χ4n) is 2.90. The molecule has 1 aliphatic heterocycles.